The maximum absolute atomic E-state index is 12.5. The number of rotatable bonds is 4. The molecule has 1 N–H and O–H groups in total. The van der Waals surface area contributed by atoms with Gasteiger partial charge in [-0.2, -0.15) is 9.78 Å². The van der Waals surface area contributed by atoms with Crippen LogP contribution in [0.3, 0.4) is 0 Å². The van der Waals surface area contributed by atoms with Crippen molar-refractivity contribution in [3.8, 4) is 5.69 Å². The first-order valence-electron chi connectivity index (χ1n) is 7.83. The summed E-state index contributed by atoms with van der Waals surface area (Å²) in [5.41, 5.74) is 1.71. The predicted octanol–water partition coefficient (Wildman–Crippen LogP) is 3.83. The molecule has 24 heavy (non-hydrogen) atoms. The zero-order valence-corrected chi connectivity index (χ0v) is 15.1. The summed E-state index contributed by atoms with van der Waals surface area (Å²) in [4.78, 5) is 12.5. The van der Waals surface area contributed by atoms with Crippen molar-refractivity contribution in [3.63, 3.8) is 0 Å². The molecule has 1 aliphatic rings. The Morgan fingerprint density at radius 3 is 2.79 bits per heavy atom. The highest BCUT2D eigenvalue weighted by atomic mass is 35.5. The Morgan fingerprint density at radius 2 is 2.12 bits per heavy atom. The molecule has 0 aliphatic heterocycles. The second-order valence-electron chi connectivity index (χ2n) is 6.03. The molecule has 2 aromatic rings. The van der Waals surface area contributed by atoms with E-state index in [4.69, 9.17) is 27.9 Å². The Balaban J connectivity index is 1.86. The van der Waals surface area contributed by atoms with E-state index in [1.54, 1.807) is 25.4 Å². The zero-order chi connectivity index (χ0) is 17.3. The minimum Gasteiger partial charge on any atom is -0.381 e. The summed E-state index contributed by atoms with van der Waals surface area (Å²) < 4.78 is 6.62. The standard InChI is InChI=1S/C17H19Cl2N3O2/c1-10-3-5-12(8-14(10)18)22-17(23)16(19)15(9-20-22)21-11-4-6-13(7-11)24-2/h3,5,8-9,11,13,21H,4,6-7H2,1-2H3. The number of halogens is 2. The molecule has 1 aliphatic carbocycles. The van der Waals surface area contributed by atoms with Crippen LogP contribution in [0.5, 0.6) is 0 Å². The topological polar surface area (TPSA) is 56.1 Å². The summed E-state index contributed by atoms with van der Waals surface area (Å²) in [5.74, 6) is 0. The first-order valence-corrected chi connectivity index (χ1v) is 8.59. The van der Waals surface area contributed by atoms with Gasteiger partial charge in [0.15, 0.2) is 0 Å². The Hall–Kier alpha value is -1.56. The summed E-state index contributed by atoms with van der Waals surface area (Å²) in [6.45, 7) is 1.90. The molecule has 1 heterocycles. The summed E-state index contributed by atoms with van der Waals surface area (Å²) in [6, 6.07) is 5.57. The van der Waals surface area contributed by atoms with Crippen LogP contribution in [-0.4, -0.2) is 29.0 Å². The lowest BCUT2D eigenvalue weighted by atomic mass is 10.2. The van der Waals surface area contributed by atoms with Crippen LogP contribution in [0, 0.1) is 6.92 Å². The van der Waals surface area contributed by atoms with Crippen LogP contribution in [0.1, 0.15) is 24.8 Å². The van der Waals surface area contributed by atoms with Gasteiger partial charge >= 0.3 is 0 Å². The molecule has 7 heteroatoms. The van der Waals surface area contributed by atoms with Crippen LogP contribution >= 0.6 is 23.2 Å². The Bertz CT molecular complexity index is 807. The average molecular weight is 368 g/mol. The fourth-order valence-electron chi connectivity index (χ4n) is 2.94. The molecule has 1 aromatic carbocycles. The van der Waals surface area contributed by atoms with Gasteiger partial charge in [0.25, 0.3) is 5.56 Å². The molecule has 2 unspecified atom stereocenters. The van der Waals surface area contributed by atoms with Gasteiger partial charge in [0.1, 0.15) is 5.02 Å². The number of nitrogens with one attached hydrogen (secondary N) is 1. The maximum Gasteiger partial charge on any atom is 0.292 e. The second kappa shape index (κ2) is 7.13. The number of anilines is 1. The molecule has 0 radical (unpaired) electrons. The van der Waals surface area contributed by atoms with E-state index >= 15 is 0 Å². The molecule has 0 amide bonds. The summed E-state index contributed by atoms with van der Waals surface area (Å²) >= 11 is 12.4. The van der Waals surface area contributed by atoms with Crippen LogP contribution in [0.25, 0.3) is 5.69 Å². The van der Waals surface area contributed by atoms with Crippen molar-refractivity contribution in [2.75, 3.05) is 12.4 Å². The van der Waals surface area contributed by atoms with Crippen LogP contribution in [0.2, 0.25) is 10.0 Å². The van der Waals surface area contributed by atoms with E-state index < -0.39 is 0 Å². The van der Waals surface area contributed by atoms with E-state index in [0.29, 0.717) is 16.4 Å². The van der Waals surface area contributed by atoms with Gasteiger partial charge in [-0.25, -0.2) is 0 Å². The van der Waals surface area contributed by atoms with E-state index in [1.807, 2.05) is 13.0 Å². The largest absolute Gasteiger partial charge is 0.381 e. The van der Waals surface area contributed by atoms with E-state index in [-0.39, 0.29) is 22.7 Å². The van der Waals surface area contributed by atoms with Gasteiger partial charge in [-0.1, -0.05) is 29.3 Å². The van der Waals surface area contributed by atoms with Crippen molar-refractivity contribution in [1.29, 1.82) is 0 Å². The van der Waals surface area contributed by atoms with Gasteiger partial charge in [-0.05, 0) is 43.9 Å². The quantitative estimate of drug-likeness (QED) is 0.891. The van der Waals surface area contributed by atoms with Crippen molar-refractivity contribution in [2.24, 2.45) is 0 Å². The number of hydrogen-bond donors (Lipinski definition) is 1. The number of benzene rings is 1. The number of ether oxygens (including phenoxy) is 1. The molecular formula is C17H19Cl2N3O2. The normalized spacial score (nSPS) is 20.3. The molecular weight excluding hydrogens is 349 g/mol. The van der Waals surface area contributed by atoms with Gasteiger partial charge in [0, 0.05) is 18.2 Å². The van der Waals surface area contributed by atoms with E-state index in [1.165, 1.54) is 4.68 Å². The monoisotopic (exact) mass is 367 g/mol. The molecule has 2 atom stereocenters. The summed E-state index contributed by atoms with van der Waals surface area (Å²) in [6.07, 6.45) is 4.70. The van der Waals surface area contributed by atoms with Gasteiger partial charge in [-0.3, -0.25) is 4.79 Å². The zero-order valence-electron chi connectivity index (χ0n) is 13.6. The summed E-state index contributed by atoms with van der Waals surface area (Å²) in [7, 11) is 1.72. The molecule has 0 saturated heterocycles. The first-order chi connectivity index (χ1) is 11.5. The minimum atomic E-state index is -0.372. The number of hydrogen-bond acceptors (Lipinski definition) is 4. The van der Waals surface area contributed by atoms with Crippen molar-refractivity contribution < 1.29 is 4.74 Å². The molecule has 1 saturated carbocycles. The van der Waals surface area contributed by atoms with Crippen molar-refractivity contribution >= 4 is 28.9 Å². The Kier molecular flexibility index (Phi) is 5.13. The smallest absolute Gasteiger partial charge is 0.292 e. The lowest BCUT2D eigenvalue weighted by molar-refractivity contribution is 0.108. The van der Waals surface area contributed by atoms with Crippen LogP contribution < -0.4 is 10.9 Å². The molecule has 5 nitrogen and oxygen atoms in total. The SMILES string of the molecule is COC1CCC(Nc2cnn(-c3ccc(C)c(Cl)c3)c(=O)c2Cl)C1. The van der Waals surface area contributed by atoms with Crippen molar-refractivity contribution in [1.82, 2.24) is 9.78 Å². The third-order valence-electron chi connectivity index (χ3n) is 4.40. The molecule has 0 spiro atoms. The van der Waals surface area contributed by atoms with Crippen molar-refractivity contribution in [2.45, 2.75) is 38.3 Å². The fraction of sp³-hybridized carbons (Fsp3) is 0.412. The van der Waals surface area contributed by atoms with Gasteiger partial charge < -0.3 is 10.1 Å². The third-order valence-corrected chi connectivity index (χ3v) is 5.17. The van der Waals surface area contributed by atoms with Crippen LogP contribution in [0.4, 0.5) is 5.69 Å². The van der Waals surface area contributed by atoms with Gasteiger partial charge in [0.2, 0.25) is 0 Å². The van der Waals surface area contributed by atoms with E-state index in [2.05, 4.69) is 10.4 Å². The second-order valence-corrected chi connectivity index (χ2v) is 6.82. The minimum absolute atomic E-state index is 0.127. The predicted molar refractivity (Wildman–Crippen MR) is 96.6 cm³/mol. The number of aryl methyl sites for hydroxylation is 1. The Morgan fingerprint density at radius 1 is 1.33 bits per heavy atom. The average Bonchev–Trinajstić information content (AvgIpc) is 3.02. The number of methoxy groups -OCH3 is 1. The molecule has 3 rings (SSSR count). The van der Waals surface area contributed by atoms with Crippen LogP contribution in [0.15, 0.2) is 29.2 Å². The number of nitrogens with zero attached hydrogens (tertiary/aromatic N) is 2. The molecule has 1 aromatic heterocycles. The molecule has 128 valence electrons. The highest BCUT2D eigenvalue weighted by Gasteiger charge is 2.25. The molecule has 0 bridgehead atoms. The third kappa shape index (κ3) is 3.43. The fourth-order valence-corrected chi connectivity index (χ4v) is 3.29. The maximum atomic E-state index is 12.5. The highest BCUT2D eigenvalue weighted by molar-refractivity contribution is 6.33. The van der Waals surface area contributed by atoms with Crippen molar-refractivity contribution in [3.05, 3.63) is 50.4 Å². The summed E-state index contributed by atoms with van der Waals surface area (Å²) in [5, 5.41) is 8.24. The first kappa shape index (κ1) is 17.3. The van der Waals surface area contributed by atoms with Gasteiger partial charge in [-0.15, -0.1) is 0 Å². The van der Waals surface area contributed by atoms with E-state index in [9.17, 15) is 4.79 Å². The van der Waals surface area contributed by atoms with E-state index in [0.717, 1.165) is 24.8 Å². The van der Waals surface area contributed by atoms with Gasteiger partial charge in [0.05, 0.1) is 23.7 Å². The van der Waals surface area contributed by atoms with Crippen LogP contribution in [-0.2, 0) is 4.74 Å². The number of aromatic nitrogens is 2. The Labute approximate surface area is 150 Å². The molecule has 1 fully saturated rings. The highest BCUT2D eigenvalue weighted by Crippen LogP contribution is 2.27. The lowest BCUT2D eigenvalue weighted by Crippen LogP contribution is -2.25. The lowest BCUT2D eigenvalue weighted by Gasteiger charge is -2.16.